The maximum absolute atomic E-state index is 14.3. The first-order valence-corrected chi connectivity index (χ1v) is 11.2. The molecule has 9 nitrogen and oxygen atoms in total. The number of carbonyl (C=O) groups excluding carboxylic acids is 1. The lowest BCUT2D eigenvalue weighted by Gasteiger charge is -2.21. The smallest absolute Gasteiger partial charge is 0.298 e. The molecule has 0 aliphatic heterocycles. The van der Waals surface area contributed by atoms with Gasteiger partial charge in [-0.2, -0.15) is 9.36 Å². The summed E-state index contributed by atoms with van der Waals surface area (Å²) in [6, 6.07) is 19.6. The molecule has 2 unspecified atom stereocenters. The van der Waals surface area contributed by atoms with Crippen molar-refractivity contribution in [1.82, 2.24) is 31.1 Å². The van der Waals surface area contributed by atoms with Crippen molar-refractivity contribution < 1.29 is 14.2 Å². The van der Waals surface area contributed by atoms with Crippen LogP contribution in [0.4, 0.5) is 0 Å². The molecular weight excluding hydrogens is 428 g/mol. The van der Waals surface area contributed by atoms with Crippen molar-refractivity contribution in [3.63, 3.8) is 0 Å². The van der Waals surface area contributed by atoms with Gasteiger partial charge in [-0.3, -0.25) is 4.79 Å². The molecule has 4 rings (SSSR count). The maximum atomic E-state index is 14.3. The molecule has 0 saturated heterocycles. The summed E-state index contributed by atoms with van der Waals surface area (Å²) in [5.41, 5.74) is 1.86. The highest BCUT2D eigenvalue weighted by Gasteiger charge is 2.35. The lowest BCUT2D eigenvalue weighted by Crippen LogP contribution is -2.41. The van der Waals surface area contributed by atoms with Crippen molar-refractivity contribution in [3.05, 3.63) is 109 Å². The summed E-state index contributed by atoms with van der Waals surface area (Å²) < 4.78 is 3.59. The minimum atomic E-state index is -0.424. The van der Waals surface area contributed by atoms with Crippen LogP contribution in [-0.2, 0) is 30.7 Å². The van der Waals surface area contributed by atoms with Crippen LogP contribution in [0.25, 0.3) is 0 Å². The quantitative estimate of drug-likeness (QED) is 0.250. The number of hydrogen-bond acceptors (Lipinski definition) is 5. The molecule has 0 amide bonds. The number of nitrogens with zero attached hydrogens (tertiary/aromatic N) is 6. The summed E-state index contributed by atoms with van der Waals surface area (Å²) in [6.45, 7) is 8.64. The Kier molecular flexibility index (Phi) is 7.44. The maximum Gasteiger partial charge on any atom is 0.301 e. The predicted molar refractivity (Wildman–Crippen MR) is 124 cm³/mol. The van der Waals surface area contributed by atoms with E-state index in [1.165, 1.54) is 0 Å². The number of tetrazole rings is 2. The lowest BCUT2D eigenvalue weighted by atomic mass is 9.80. The molecule has 2 aromatic carbocycles. The van der Waals surface area contributed by atoms with Gasteiger partial charge in [0, 0.05) is 0 Å². The van der Waals surface area contributed by atoms with Crippen molar-refractivity contribution in [3.8, 4) is 0 Å². The minimum absolute atomic E-state index is 0.0821. The van der Waals surface area contributed by atoms with Gasteiger partial charge >= 0.3 is 11.6 Å². The Labute approximate surface area is 197 Å². The molecule has 172 valence electrons. The molecule has 9 heteroatoms. The standard InChI is InChI=1S/C25H26N8O/c1-3-15-32-23(26-28-30-32)17-21(19-11-7-5-8-12-19)25(34)22(20-13-9-6-10-14-20)18-24-27-29-31-33(24)16-4-2/h3-14,21-22H,1-2,15-18H2/p+2. The van der Waals surface area contributed by atoms with Crippen molar-refractivity contribution in [2.45, 2.75) is 37.8 Å². The van der Waals surface area contributed by atoms with E-state index in [2.05, 4.69) is 44.2 Å². The highest BCUT2D eigenvalue weighted by Crippen LogP contribution is 2.30. The van der Waals surface area contributed by atoms with Gasteiger partial charge in [-0.05, 0) is 11.1 Å². The van der Waals surface area contributed by atoms with Crippen molar-refractivity contribution in [2.24, 2.45) is 0 Å². The average Bonchev–Trinajstić information content (AvgIpc) is 3.51. The van der Waals surface area contributed by atoms with Crippen molar-refractivity contribution >= 4 is 5.78 Å². The molecule has 34 heavy (non-hydrogen) atoms. The van der Waals surface area contributed by atoms with Gasteiger partial charge in [0.05, 0.1) is 24.7 Å². The van der Waals surface area contributed by atoms with Crippen LogP contribution >= 0.6 is 0 Å². The number of hydrogen-bond donors (Lipinski definition) is 2. The number of benzene rings is 2. The number of allylic oxidation sites excluding steroid dienone is 2. The van der Waals surface area contributed by atoms with E-state index in [0.717, 1.165) is 11.1 Å². The Morgan fingerprint density at radius 1 is 0.765 bits per heavy atom. The fraction of sp³-hybridized carbons (Fsp3) is 0.240. The van der Waals surface area contributed by atoms with Gasteiger partial charge in [-0.25, -0.2) is 0 Å². The second-order valence-corrected chi connectivity index (χ2v) is 7.97. The molecule has 0 aliphatic rings. The van der Waals surface area contributed by atoms with Crippen LogP contribution in [-0.4, -0.2) is 36.8 Å². The van der Waals surface area contributed by atoms with Crippen molar-refractivity contribution in [2.75, 3.05) is 0 Å². The summed E-state index contributed by atoms with van der Waals surface area (Å²) in [6.07, 6.45) is 4.33. The van der Waals surface area contributed by atoms with Crippen LogP contribution < -0.4 is 9.36 Å². The molecule has 2 atom stereocenters. The largest absolute Gasteiger partial charge is 0.301 e. The first kappa shape index (κ1) is 22.9. The second-order valence-electron chi connectivity index (χ2n) is 7.97. The van der Waals surface area contributed by atoms with E-state index in [0.29, 0.717) is 37.6 Å². The van der Waals surface area contributed by atoms with Gasteiger partial charge in [0.2, 0.25) is 0 Å². The summed E-state index contributed by atoms with van der Waals surface area (Å²) in [7, 11) is 0. The molecule has 0 saturated carbocycles. The van der Waals surface area contributed by atoms with Crippen LogP contribution in [0.1, 0.15) is 34.6 Å². The van der Waals surface area contributed by atoms with E-state index in [-0.39, 0.29) is 5.78 Å². The molecular formula is C25H28N8O+2. The Balaban J connectivity index is 1.73. The van der Waals surface area contributed by atoms with E-state index in [9.17, 15) is 4.79 Å². The van der Waals surface area contributed by atoms with Crippen LogP contribution in [0.2, 0.25) is 0 Å². The number of ketones is 1. The first-order valence-electron chi connectivity index (χ1n) is 11.2. The Morgan fingerprint density at radius 3 is 1.56 bits per heavy atom. The van der Waals surface area contributed by atoms with E-state index in [4.69, 9.17) is 0 Å². The normalized spacial score (nSPS) is 12.7. The molecule has 0 aliphatic carbocycles. The number of aromatic nitrogens is 8. The highest BCUT2D eigenvalue weighted by molar-refractivity contribution is 5.92. The Morgan fingerprint density at radius 2 is 1.18 bits per heavy atom. The topological polar surface area (TPSA) is 108 Å². The van der Waals surface area contributed by atoms with Crippen LogP contribution in [0.3, 0.4) is 0 Å². The van der Waals surface area contributed by atoms with E-state index in [1.807, 2.05) is 60.7 Å². The molecule has 0 radical (unpaired) electrons. The van der Waals surface area contributed by atoms with Crippen LogP contribution in [0, 0.1) is 0 Å². The molecule has 0 spiro atoms. The SMILES string of the molecule is C=CC[n+]1[nH]nnc1CC(C(=O)C(Cc1nn[nH][n+]1CC=C)c1ccccc1)c1ccccc1. The number of rotatable bonds is 12. The number of carbonyl (C=O) groups is 1. The Hall–Kier alpha value is -4.27. The molecule has 4 aromatic rings. The number of H-pyrrole nitrogens is 2. The fourth-order valence-electron chi connectivity index (χ4n) is 4.09. The van der Waals surface area contributed by atoms with E-state index in [1.54, 1.807) is 21.5 Å². The van der Waals surface area contributed by atoms with Gasteiger partial charge in [0.25, 0.3) is 0 Å². The number of nitrogens with one attached hydrogen (secondary N) is 2. The third-order valence-electron chi connectivity index (χ3n) is 5.77. The van der Waals surface area contributed by atoms with Crippen LogP contribution in [0.5, 0.6) is 0 Å². The van der Waals surface area contributed by atoms with E-state index < -0.39 is 11.8 Å². The van der Waals surface area contributed by atoms with Gasteiger partial charge in [0.1, 0.15) is 29.1 Å². The zero-order chi connectivity index (χ0) is 23.8. The molecule has 2 N–H and O–H groups in total. The fourth-order valence-corrected chi connectivity index (χ4v) is 4.09. The first-order chi connectivity index (χ1) is 16.7. The number of Topliss-reactive ketones (excluding diaryl/α,β-unsaturated/α-hetero) is 1. The monoisotopic (exact) mass is 456 g/mol. The van der Waals surface area contributed by atoms with Crippen molar-refractivity contribution in [1.29, 1.82) is 0 Å². The molecule has 2 aromatic heterocycles. The van der Waals surface area contributed by atoms with Gasteiger partial charge < -0.3 is 0 Å². The average molecular weight is 457 g/mol. The zero-order valence-electron chi connectivity index (χ0n) is 18.9. The van der Waals surface area contributed by atoms with Crippen LogP contribution in [0.15, 0.2) is 86.0 Å². The minimum Gasteiger partial charge on any atom is -0.298 e. The summed E-state index contributed by atoms with van der Waals surface area (Å²) in [4.78, 5) is 14.3. The molecule has 2 heterocycles. The lowest BCUT2D eigenvalue weighted by molar-refractivity contribution is -0.752. The summed E-state index contributed by atoms with van der Waals surface area (Å²) >= 11 is 0. The third kappa shape index (κ3) is 5.20. The van der Waals surface area contributed by atoms with Gasteiger partial charge in [-0.1, -0.05) is 96.4 Å². The zero-order valence-corrected chi connectivity index (χ0v) is 18.9. The summed E-state index contributed by atoms with van der Waals surface area (Å²) in [5.74, 6) is 0.618. The number of aromatic amines is 2. The van der Waals surface area contributed by atoms with Gasteiger partial charge in [0.15, 0.2) is 10.4 Å². The predicted octanol–water partition coefficient (Wildman–Crippen LogP) is 1.79. The highest BCUT2D eigenvalue weighted by atomic mass is 16.1. The Bertz CT molecular complexity index is 1140. The third-order valence-corrected chi connectivity index (χ3v) is 5.77. The molecule has 0 bridgehead atoms. The van der Waals surface area contributed by atoms with E-state index >= 15 is 0 Å². The molecule has 0 fully saturated rings. The summed E-state index contributed by atoms with van der Waals surface area (Å²) in [5, 5.41) is 22.1. The second kappa shape index (κ2) is 11.0. The van der Waals surface area contributed by atoms with Gasteiger partial charge in [-0.15, -0.1) is 0 Å².